The number of pyridine rings is 1. The van der Waals surface area contributed by atoms with Gasteiger partial charge >= 0.3 is 0 Å². The van der Waals surface area contributed by atoms with Gasteiger partial charge in [-0.25, -0.2) is 0 Å². The molecular weight excluding hydrogens is 230 g/mol. The Hall–Kier alpha value is -2.36. The van der Waals surface area contributed by atoms with Crippen molar-refractivity contribution in [2.24, 2.45) is 0 Å². The average Bonchev–Trinajstić information content (AvgIpc) is 2.41. The van der Waals surface area contributed by atoms with E-state index in [0.29, 0.717) is 21.7 Å². The SMILES string of the molecule is COc1cccc(C(=O)Cc2cccc[n+]2[O-])c1. The molecule has 0 aliphatic heterocycles. The summed E-state index contributed by atoms with van der Waals surface area (Å²) in [5.74, 6) is 0.522. The molecule has 1 aromatic heterocycles. The molecule has 4 heteroatoms. The van der Waals surface area contributed by atoms with E-state index in [0.717, 1.165) is 0 Å². The monoisotopic (exact) mass is 243 g/mol. The highest BCUT2D eigenvalue weighted by Crippen LogP contribution is 2.14. The highest BCUT2D eigenvalue weighted by molar-refractivity contribution is 5.97. The van der Waals surface area contributed by atoms with Gasteiger partial charge < -0.3 is 9.94 Å². The molecule has 0 aliphatic rings. The van der Waals surface area contributed by atoms with Crippen molar-refractivity contribution in [1.82, 2.24) is 0 Å². The smallest absolute Gasteiger partial charge is 0.200 e. The van der Waals surface area contributed by atoms with Gasteiger partial charge in [-0.05, 0) is 18.2 Å². The third-order valence-corrected chi connectivity index (χ3v) is 2.64. The van der Waals surface area contributed by atoms with Crippen LogP contribution in [-0.4, -0.2) is 12.9 Å². The van der Waals surface area contributed by atoms with Crippen LogP contribution in [0.4, 0.5) is 0 Å². The molecule has 0 atom stereocenters. The van der Waals surface area contributed by atoms with Gasteiger partial charge in [-0.15, -0.1) is 0 Å². The lowest BCUT2D eigenvalue weighted by Crippen LogP contribution is -2.32. The lowest BCUT2D eigenvalue weighted by atomic mass is 10.1. The third-order valence-electron chi connectivity index (χ3n) is 2.64. The molecule has 0 saturated carbocycles. The van der Waals surface area contributed by atoms with Gasteiger partial charge in [0.25, 0.3) is 0 Å². The van der Waals surface area contributed by atoms with Crippen LogP contribution in [0.1, 0.15) is 16.1 Å². The second-order valence-electron chi connectivity index (χ2n) is 3.85. The van der Waals surface area contributed by atoms with Crippen molar-refractivity contribution in [3.63, 3.8) is 0 Å². The number of Topliss-reactive ketones (excluding diaryl/α,β-unsaturated/α-hetero) is 1. The Bertz CT molecular complexity index is 566. The van der Waals surface area contributed by atoms with E-state index in [1.807, 2.05) is 0 Å². The predicted octanol–water partition coefficient (Wildman–Crippen LogP) is 1.75. The van der Waals surface area contributed by atoms with E-state index in [2.05, 4.69) is 0 Å². The second kappa shape index (κ2) is 5.31. The minimum absolute atomic E-state index is 0.0809. The first-order valence-electron chi connectivity index (χ1n) is 5.55. The van der Waals surface area contributed by atoms with Crippen LogP contribution in [0.2, 0.25) is 0 Å². The lowest BCUT2D eigenvalue weighted by Gasteiger charge is -2.05. The van der Waals surface area contributed by atoms with E-state index in [4.69, 9.17) is 4.74 Å². The van der Waals surface area contributed by atoms with Crippen molar-refractivity contribution in [2.45, 2.75) is 6.42 Å². The van der Waals surface area contributed by atoms with Crippen LogP contribution in [-0.2, 0) is 6.42 Å². The van der Waals surface area contributed by atoms with Gasteiger partial charge in [-0.2, -0.15) is 4.73 Å². The zero-order valence-electron chi connectivity index (χ0n) is 10.00. The number of ether oxygens (including phenoxy) is 1. The minimum atomic E-state index is -0.107. The summed E-state index contributed by atoms with van der Waals surface area (Å²) < 4.78 is 5.77. The number of hydrogen-bond donors (Lipinski definition) is 0. The maximum Gasteiger partial charge on any atom is 0.200 e. The van der Waals surface area contributed by atoms with Crippen molar-refractivity contribution in [1.29, 1.82) is 0 Å². The summed E-state index contributed by atoms with van der Waals surface area (Å²) in [6, 6.07) is 11.9. The summed E-state index contributed by atoms with van der Waals surface area (Å²) in [7, 11) is 1.55. The molecule has 0 radical (unpaired) electrons. The van der Waals surface area contributed by atoms with Gasteiger partial charge in [0, 0.05) is 17.7 Å². The molecule has 0 spiro atoms. The minimum Gasteiger partial charge on any atom is -0.618 e. The maximum absolute atomic E-state index is 12.0. The summed E-state index contributed by atoms with van der Waals surface area (Å²) >= 11 is 0. The normalized spacial score (nSPS) is 10.1. The highest BCUT2D eigenvalue weighted by atomic mass is 16.5. The number of ketones is 1. The molecule has 4 nitrogen and oxygen atoms in total. The van der Waals surface area contributed by atoms with Gasteiger partial charge in [0.05, 0.1) is 13.5 Å². The summed E-state index contributed by atoms with van der Waals surface area (Å²) in [5, 5.41) is 11.4. The van der Waals surface area contributed by atoms with E-state index < -0.39 is 0 Å². The molecule has 2 aromatic rings. The number of hydrogen-bond acceptors (Lipinski definition) is 3. The molecule has 1 heterocycles. The summed E-state index contributed by atoms with van der Waals surface area (Å²) in [6.07, 6.45) is 1.46. The zero-order valence-corrected chi connectivity index (χ0v) is 10.00. The van der Waals surface area contributed by atoms with Crippen LogP contribution in [0.3, 0.4) is 0 Å². The molecule has 0 N–H and O–H groups in total. The third kappa shape index (κ3) is 2.66. The molecule has 18 heavy (non-hydrogen) atoms. The number of nitrogens with zero attached hydrogens (tertiary/aromatic N) is 1. The summed E-state index contributed by atoms with van der Waals surface area (Å²) in [6.45, 7) is 0. The van der Waals surface area contributed by atoms with Crippen LogP contribution >= 0.6 is 0 Å². The van der Waals surface area contributed by atoms with E-state index in [1.165, 1.54) is 6.20 Å². The Kier molecular flexibility index (Phi) is 3.57. The van der Waals surface area contributed by atoms with Gasteiger partial charge in [-0.3, -0.25) is 4.79 Å². The topological polar surface area (TPSA) is 53.2 Å². The quantitative estimate of drug-likeness (QED) is 0.467. The zero-order chi connectivity index (χ0) is 13.0. The Morgan fingerprint density at radius 2 is 2.11 bits per heavy atom. The number of aromatic nitrogens is 1. The molecule has 2 rings (SSSR count). The van der Waals surface area contributed by atoms with Gasteiger partial charge in [0.2, 0.25) is 5.69 Å². The van der Waals surface area contributed by atoms with Crippen molar-refractivity contribution in [3.05, 3.63) is 65.1 Å². The Morgan fingerprint density at radius 1 is 1.28 bits per heavy atom. The number of benzene rings is 1. The molecule has 1 aromatic carbocycles. The number of carbonyl (C=O) groups is 1. The summed E-state index contributed by atoms with van der Waals surface area (Å²) in [5.41, 5.74) is 0.975. The molecule has 0 aliphatic carbocycles. The van der Waals surface area contributed by atoms with Crippen LogP contribution in [0.15, 0.2) is 48.7 Å². The van der Waals surface area contributed by atoms with E-state index in [1.54, 1.807) is 49.6 Å². The first kappa shape index (κ1) is 12.1. The van der Waals surface area contributed by atoms with E-state index in [9.17, 15) is 10.0 Å². The van der Waals surface area contributed by atoms with Crippen LogP contribution in [0, 0.1) is 5.21 Å². The first-order chi connectivity index (χ1) is 8.70. The standard InChI is InChI=1S/C14H13NO3/c1-18-13-7-4-5-11(9-13)14(16)10-12-6-2-3-8-15(12)17/h2-9H,10H2,1H3. The molecule has 92 valence electrons. The number of rotatable bonds is 4. The molecular formula is C14H13NO3. The maximum atomic E-state index is 12.0. The fourth-order valence-electron chi connectivity index (χ4n) is 1.66. The van der Waals surface area contributed by atoms with Gasteiger partial charge in [-0.1, -0.05) is 12.1 Å². The molecule has 0 saturated heterocycles. The van der Waals surface area contributed by atoms with Crippen molar-refractivity contribution < 1.29 is 14.3 Å². The molecule has 0 unspecified atom stereocenters. The largest absolute Gasteiger partial charge is 0.618 e. The van der Waals surface area contributed by atoms with Crippen molar-refractivity contribution >= 4 is 5.78 Å². The molecule has 0 bridgehead atoms. The molecule has 0 amide bonds. The summed E-state index contributed by atoms with van der Waals surface area (Å²) in [4.78, 5) is 12.0. The Labute approximate surface area is 105 Å². The second-order valence-corrected chi connectivity index (χ2v) is 3.85. The Morgan fingerprint density at radius 3 is 2.83 bits per heavy atom. The van der Waals surface area contributed by atoms with Crippen LogP contribution < -0.4 is 9.47 Å². The van der Waals surface area contributed by atoms with Crippen molar-refractivity contribution in [2.75, 3.05) is 7.11 Å². The van der Waals surface area contributed by atoms with Crippen molar-refractivity contribution in [3.8, 4) is 5.75 Å². The molecule has 0 fully saturated rings. The van der Waals surface area contributed by atoms with Crippen LogP contribution in [0.25, 0.3) is 0 Å². The van der Waals surface area contributed by atoms with Gasteiger partial charge in [0.15, 0.2) is 12.0 Å². The van der Waals surface area contributed by atoms with Gasteiger partial charge in [0.1, 0.15) is 5.75 Å². The number of methoxy groups -OCH3 is 1. The number of carbonyl (C=O) groups excluding carboxylic acids is 1. The fourth-order valence-corrected chi connectivity index (χ4v) is 1.66. The van der Waals surface area contributed by atoms with Crippen LogP contribution in [0.5, 0.6) is 5.75 Å². The Balaban J connectivity index is 2.19. The van der Waals surface area contributed by atoms with E-state index in [-0.39, 0.29) is 12.2 Å². The highest BCUT2D eigenvalue weighted by Gasteiger charge is 2.13. The lowest BCUT2D eigenvalue weighted by molar-refractivity contribution is -0.613. The first-order valence-corrected chi connectivity index (χ1v) is 5.55. The van der Waals surface area contributed by atoms with E-state index >= 15 is 0 Å². The average molecular weight is 243 g/mol. The fraction of sp³-hybridized carbons (Fsp3) is 0.143. The predicted molar refractivity (Wildman–Crippen MR) is 66.4 cm³/mol.